The van der Waals surface area contributed by atoms with Gasteiger partial charge in [-0.05, 0) is 37.7 Å². The SMILES string of the molecule is O=C(c1cnc(-n2ccnc2)nc1)C1CC2CCCC(C1)N2C(=O)OCc1ccccc1. The third-order valence-electron chi connectivity index (χ3n) is 6.42. The molecule has 2 unspecified atom stereocenters. The first-order valence-corrected chi connectivity index (χ1v) is 11.0. The van der Waals surface area contributed by atoms with Gasteiger partial charge >= 0.3 is 6.09 Å². The van der Waals surface area contributed by atoms with Crippen LogP contribution in [0.2, 0.25) is 0 Å². The van der Waals surface area contributed by atoms with Crippen LogP contribution in [-0.4, -0.2) is 48.4 Å². The maximum absolute atomic E-state index is 13.2. The van der Waals surface area contributed by atoms with Crippen molar-refractivity contribution >= 4 is 11.9 Å². The van der Waals surface area contributed by atoms with Gasteiger partial charge < -0.3 is 9.64 Å². The number of ether oxygens (including phenoxy) is 1. The summed E-state index contributed by atoms with van der Waals surface area (Å²) in [4.78, 5) is 40.6. The highest BCUT2D eigenvalue weighted by Crippen LogP contribution is 2.38. The van der Waals surface area contributed by atoms with Crippen LogP contribution in [0, 0.1) is 5.92 Å². The number of Topliss-reactive ketones (excluding diaryl/α,β-unsaturated/α-hetero) is 1. The third kappa shape index (κ3) is 4.12. The Morgan fingerprint density at radius 1 is 1.03 bits per heavy atom. The number of hydrogen-bond acceptors (Lipinski definition) is 6. The molecule has 0 saturated carbocycles. The second kappa shape index (κ2) is 8.90. The lowest BCUT2D eigenvalue weighted by molar-refractivity contribution is 0.00471. The Kier molecular flexibility index (Phi) is 5.66. The van der Waals surface area contributed by atoms with Gasteiger partial charge in [0.1, 0.15) is 12.9 Å². The zero-order valence-corrected chi connectivity index (χ0v) is 17.7. The minimum atomic E-state index is -0.275. The molecule has 2 fully saturated rings. The lowest BCUT2D eigenvalue weighted by Crippen LogP contribution is -2.55. The summed E-state index contributed by atoms with van der Waals surface area (Å²) < 4.78 is 7.30. The molecule has 2 aromatic heterocycles. The highest BCUT2D eigenvalue weighted by molar-refractivity contribution is 5.97. The molecular formula is C24H25N5O3. The molecule has 4 heterocycles. The van der Waals surface area contributed by atoms with Gasteiger partial charge in [-0.2, -0.15) is 0 Å². The lowest BCUT2D eigenvalue weighted by atomic mass is 9.76. The molecule has 0 N–H and O–H groups in total. The van der Waals surface area contributed by atoms with Gasteiger partial charge in [0.15, 0.2) is 5.78 Å². The zero-order valence-electron chi connectivity index (χ0n) is 17.7. The van der Waals surface area contributed by atoms with E-state index in [-0.39, 0.29) is 36.5 Å². The summed E-state index contributed by atoms with van der Waals surface area (Å²) in [5.74, 6) is 0.398. The normalized spacial score (nSPS) is 22.4. The van der Waals surface area contributed by atoms with Crippen molar-refractivity contribution < 1.29 is 14.3 Å². The third-order valence-corrected chi connectivity index (χ3v) is 6.42. The van der Waals surface area contributed by atoms with Crippen molar-refractivity contribution in [3.8, 4) is 5.95 Å². The molecule has 2 aliphatic heterocycles. The van der Waals surface area contributed by atoms with Crippen LogP contribution >= 0.6 is 0 Å². The molecule has 8 heteroatoms. The smallest absolute Gasteiger partial charge is 0.410 e. The van der Waals surface area contributed by atoms with Crippen LogP contribution in [0.1, 0.15) is 48.0 Å². The number of carbonyl (C=O) groups excluding carboxylic acids is 2. The van der Waals surface area contributed by atoms with Gasteiger partial charge in [0.2, 0.25) is 5.95 Å². The summed E-state index contributed by atoms with van der Waals surface area (Å²) >= 11 is 0. The summed E-state index contributed by atoms with van der Waals surface area (Å²) in [6.07, 6.45) is 12.1. The van der Waals surface area contributed by atoms with Crippen LogP contribution in [0.15, 0.2) is 61.4 Å². The number of aromatic nitrogens is 4. The lowest BCUT2D eigenvalue weighted by Gasteiger charge is -2.47. The van der Waals surface area contributed by atoms with Crippen molar-refractivity contribution in [3.63, 3.8) is 0 Å². The number of imidazole rings is 1. The van der Waals surface area contributed by atoms with Crippen molar-refractivity contribution in [2.75, 3.05) is 0 Å². The molecule has 5 rings (SSSR count). The molecule has 2 bridgehead atoms. The Morgan fingerprint density at radius 2 is 1.75 bits per heavy atom. The minimum Gasteiger partial charge on any atom is -0.445 e. The molecule has 8 nitrogen and oxygen atoms in total. The van der Waals surface area contributed by atoms with Crippen LogP contribution in [-0.2, 0) is 11.3 Å². The van der Waals surface area contributed by atoms with E-state index in [2.05, 4.69) is 15.0 Å². The fraction of sp³-hybridized carbons (Fsp3) is 0.375. The number of rotatable bonds is 5. The Morgan fingerprint density at radius 3 is 2.41 bits per heavy atom. The van der Waals surface area contributed by atoms with Crippen LogP contribution in [0.25, 0.3) is 5.95 Å². The molecule has 2 atom stereocenters. The van der Waals surface area contributed by atoms with E-state index >= 15 is 0 Å². The number of hydrogen-bond donors (Lipinski definition) is 0. The van der Waals surface area contributed by atoms with Gasteiger partial charge in [-0.25, -0.2) is 19.7 Å². The number of ketones is 1. The molecule has 32 heavy (non-hydrogen) atoms. The number of piperidine rings is 2. The Bertz CT molecular complexity index is 1050. The van der Waals surface area contributed by atoms with Gasteiger partial charge in [-0.3, -0.25) is 9.36 Å². The monoisotopic (exact) mass is 431 g/mol. The van der Waals surface area contributed by atoms with E-state index in [1.807, 2.05) is 35.2 Å². The first kappa shape index (κ1) is 20.4. The molecule has 2 saturated heterocycles. The van der Waals surface area contributed by atoms with E-state index in [1.165, 1.54) is 0 Å². The molecule has 3 aromatic rings. The highest BCUT2D eigenvalue weighted by atomic mass is 16.6. The summed E-state index contributed by atoms with van der Waals surface area (Å²) in [6, 6.07) is 9.75. The molecule has 0 radical (unpaired) electrons. The Balaban J connectivity index is 1.24. The Labute approximate surface area is 186 Å². The van der Waals surface area contributed by atoms with E-state index in [1.54, 1.807) is 35.7 Å². The van der Waals surface area contributed by atoms with E-state index < -0.39 is 0 Å². The van der Waals surface area contributed by atoms with Gasteiger partial charge in [0.05, 0.1) is 5.56 Å². The zero-order chi connectivity index (χ0) is 21.9. The van der Waals surface area contributed by atoms with Gasteiger partial charge in [-0.15, -0.1) is 0 Å². The van der Waals surface area contributed by atoms with Crippen molar-refractivity contribution in [2.45, 2.75) is 50.8 Å². The number of fused-ring (bicyclic) bond motifs is 2. The van der Waals surface area contributed by atoms with Crippen molar-refractivity contribution in [3.05, 3.63) is 72.6 Å². The van der Waals surface area contributed by atoms with Crippen molar-refractivity contribution in [1.29, 1.82) is 0 Å². The van der Waals surface area contributed by atoms with Crippen molar-refractivity contribution in [2.24, 2.45) is 5.92 Å². The highest BCUT2D eigenvalue weighted by Gasteiger charge is 2.43. The second-order valence-electron chi connectivity index (χ2n) is 8.46. The number of nitrogens with zero attached hydrogens (tertiary/aromatic N) is 5. The average Bonchev–Trinajstić information content (AvgIpc) is 3.37. The van der Waals surface area contributed by atoms with Gasteiger partial charge in [0.25, 0.3) is 0 Å². The summed E-state index contributed by atoms with van der Waals surface area (Å²) in [5, 5.41) is 0. The molecule has 1 aromatic carbocycles. The molecule has 0 aliphatic carbocycles. The number of carbonyl (C=O) groups is 2. The van der Waals surface area contributed by atoms with E-state index in [9.17, 15) is 9.59 Å². The Hall–Kier alpha value is -3.55. The first-order chi connectivity index (χ1) is 15.7. The molecule has 164 valence electrons. The van der Waals surface area contributed by atoms with Gasteiger partial charge in [-0.1, -0.05) is 30.3 Å². The largest absolute Gasteiger partial charge is 0.445 e. The number of amides is 1. The predicted octanol–water partition coefficient (Wildman–Crippen LogP) is 3.81. The minimum absolute atomic E-state index is 0.0332. The molecular weight excluding hydrogens is 406 g/mol. The second-order valence-corrected chi connectivity index (χ2v) is 8.46. The standard InChI is InChI=1S/C24H25N5O3/c30-22(19-13-26-23(27-14-19)28-10-9-25-16-28)18-11-20-7-4-8-21(12-18)29(20)24(31)32-15-17-5-2-1-3-6-17/h1-3,5-6,9-10,13-14,16,18,20-21H,4,7-8,11-12,15H2. The number of benzene rings is 1. The fourth-order valence-corrected chi connectivity index (χ4v) is 4.88. The van der Waals surface area contributed by atoms with Crippen LogP contribution in [0.5, 0.6) is 0 Å². The summed E-state index contributed by atoms with van der Waals surface area (Å²) in [6.45, 7) is 0.262. The predicted molar refractivity (Wildman–Crippen MR) is 116 cm³/mol. The average molecular weight is 431 g/mol. The van der Waals surface area contributed by atoms with E-state index in [0.717, 1.165) is 24.8 Å². The van der Waals surface area contributed by atoms with Crippen LogP contribution in [0.4, 0.5) is 4.79 Å². The summed E-state index contributed by atoms with van der Waals surface area (Å²) in [7, 11) is 0. The van der Waals surface area contributed by atoms with E-state index in [4.69, 9.17) is 4.74 Å². The summed E-state index contributed by atoms with van der Waals surface area (Å²) in [5.41, 5.74) is 1.48. The topological polar surface area (TPSA) is 90.2 Å². The molecule has 1 amide bonds. The fourth-order valence-electron chi connectivity index (χ4n) is 4.88. The quantitative estimate of drug-likeness (QED) is 0.571. The first-order valence-electron chi connectivity index (χ1n) is 11.0. The maximum atomic E-state index is 13.2. The maximum Gasteiger partial charge on any atom is 0.410 e. The van der Waals surface area contributed by atoms with Crippen LogP contribution < -0.4 is 0 Å². The van der Waals surface area contributed by atoms with Crippen molar-refractivity contribution in [1.82, 2.24) is 24.4 Å². The van der Waals surface area contributed by atoms with Gasteiger partial charge in [0, 0.05) is 42.8 Å². The molecule has 2 aliphatic rings. The van der Waals surface area contributed by atoms with E-state index in [0.29, 0.717) is 24.4 Å². The van der Waals surface area contributed by atoms with Crippen LogP contribution in [0.3, 0.4) is 0 Å². The molecule has 0 spiro atoms.